The summed E-state index contributed by atoms with van der Waals surface area (Å²) >= 11 is 3.50. The summed E-state index contributed by atoms with van der Waals surface area (Å²) in [5.74, 6) is 0.508. The standard InChI is InChI=1S/C13H16BrN3O/c1-3-6-15-13-16-11(12(18)17-13)9-5-4-8(2)7-10(9)14/h4-5,7,11H,3,6H2,1-2H3,(H2,15,16,17,18). The van der Waals surface area contributed by atoms with Gasteiger partial charge in [-0.25, -0.2) is 0 Å². The minimum atomic E-state index is -0.365. The number of guanidine groups is 1. The highest BCUT2D eigenvalue weighted by Gasteiger charge is 2.30. The molecular weight excluding hydrogens is 294 g/mol. The van der Waals surface area contributed by atoms with Gasteiger partial charge in [-0.15, -0.1) is 0 Å². The van der Waals surface area contributed by atoms with Gasteiger partial charge in [0.1, 0.15) is 6.04 Å². The molecule has 0 radical (unpaired) electrons. The van der Waals surface area contributed by atoms with E-state index in [1.54, 1.807) is 0 Å². The Morgan fingerprint density at radius 3 is 2.89 bits per heavy atom. The second kappa shape index (κ2) is 5.52. The molecule has 2 N–H and O–H groups in total. The van der Waals surface area contributed by atoms with Crippen LogP contribution in [0.2, 0.25) is 0 Å². The highest BCUT2D eigenvalue weighted by molar-refractivity contribution is 9.10. The summed E-state index contributed by atoms with van der Waals surface area (Å²) < 4.78 is 0.937. The second-order valence-corrected chi connectivity index (χ2v) is 5.18. The third kappa shape index (κ3) is 2.72. The number of hydrogen-bond acceptors (Lipinski definition) is 2. The third-order valence-electron chi connectivity index (χ3n) is 2.75. The summed E-state index contributed by atoms with van der Waals surface area (Å²) in [6.45, 7) is 4.78. The Kier molecular flexibility index (Phi) is 4.01. The van der Waals surface area contributed by atoms with Gasteiger partial charge in [0.15, 0.2) is 5.96 Å². The largest absolute Gasteiger partial charge is 0.340 e. The van der Waals surface area contributed by atoms with E-state index < -0.39 is 0 Å². The predicted molar refractivity (Wildman–Crippen MR) is 75.5 cm³/mol. The maximum absolute atomic E-state index is 11.9. The molecule has 0 bridgehead atoms. The van der Waals surface area contributed by atoms with Crippen LogP contribution in [0.15, 0.2) is 27.7 Å². The Balaban J connectivity index is 2.21. The van der Waals surface area contributed by atoms with Crippen LogP contribution in [-0.4, -0.2) is 18.4 Å². The van der Waals surface area contributed by atoms with E-state index in [9.17, 15) is 4.79 Å². The van der Waals surface area contributed by atoms with E-state index >= 15 is 0 Å². The Morgan fingerprint density at radius 1 is 1.44 bits per heavy atom. The monoisotopic (exact) mass is 309 g/mol. The SMILES string of the molecule is CCCN=C1NC(=O)C(c2ccc(C)cc2Br)N1. The van der Waals surface area contributed by atoms with Crippen LogP contribution in [0, 0.1) is 6.92 Å². The van der Waals surface area contributed by atoms with Gasteiger partial charge in [-0.3, -0.25) is 15.1 Å². The first-order valence-corrected chi connectivity index (χ1v) is 6.79. The smallest absolute Gasteiger partial charge is 0.253 e. The number of amides is 1. The van der Waals surface area contributed by atoms with Gasteiger partial charge in [0.25, 0.3) is 5.91 Å². The van der Waals surface area contributed by atoms with Crippen LogP contribution in [-0.2, 0) is 4.79 Å². The van der Waals surface area contributed by atoms with Crippen LogP contribution in [0.25, 0.3) is 0 Å². The Morgan fingerprint density at radius 2 is 2.22 bits per heavy atom. The molecule has 1 aliphatic rings. The molecule has 5 heteroatoms. The predicted octanol–water partition coefficient (Wildman–Crippen LogP) is 2.28. The highest BCUT2D eigenvalue weighted by atomic mass is 79.9. The van der Waals surface area contributed by atoms with Gasteiger partial charge in [0, 0.05) is 11.0 Å². The van der Waals surface area contributed by atoms with Crippen LogP contribution in [0.5, 0.6) is 0 Å². The Labute approximate surface area is 115 Å². The summed E-state index contributed by atoms with van der Waals surface area (Å²) in [7, 11) is 0. The molecule has 1 aliphatic heterocycles. The van der Waals surface area contributed by atoms with E-state index in [-0.39, 0.29) is 11.9 Å². The second-order valence-electron chi connectivity index (χ2n) is 4.32. The molecule has 18 heavy (non-hydrogen) atoms. The molecule has 4 nitrogen and oxygen atoms in total. The highest BCUT2D eigenvalue weighted by Crippen LogP contribution is 2.26. The number of nitrogens with zero attached hydrogens (tertiary/aromatic N) is 1. The van der Waals surface area contributed by atoms with Gasteiger partial charge in [-0.1, -0.05) is 35.0 Å². The van der Waals surface area contributed by atoms with Crippen LogP contribution >= 0.6 is 15.9 Å². The fraction of sp³-hybridized carbons (Fsp3) is 0.385. The molecule has 1 heterocycles. The van der Waals surface area contributed by atoms with E-state index in [4.69, 9.17) is 0 Å². The van der Waals surface area contributed by atoms with Gasteiger partial charge in [-0.2, -0.15) is 0 Å². The first-order valence-electron chi connectivity index (χ1n) is 5.99. The normalized spacial score (nSPS) is 20.9. The molecular formula is C13H16BrN3O. The van der Waals surface area contributed by atoms with Crippen molar-refractivity contribution in [3.8, 4) is 0 Å². The van der Waals surface area contributed by atoms with Gasteiger partial charge in [0.05, 0.1) is 0 Å². The average Bonchev–Trinajstić information content (AvgIpc) is 2.68. The fourth-order valence-corrected chi connectivity index (χ4v) is 2.54. The molecule has 0 aliphatic carbocycles. The minimum Gasteiger partial charge on any atom is -0.340 e. The van der Waals surface area contributed by atoms with E-state index in [2.05, 4.69) is 38.5 Å². The number of carbonyl (C=O) groups is 1. The molecule has 1 saturated heterocycles. The van der Waals surface area contributed by atoms with Crippen molar-refractivity contribution >= 4 is 27.8 Å². The molecule has 1 amide bonds. The van der Waals surface area contributed by atoms with Crippen molar-refractivity contribution in [1.29, 1.82) is 0 Å². The van der Waals surface area contributed by atoms with Gasteiger partial charge in [0.2, 0.25) is 0 Å². The zero-order chi connectivity index (χ0) is 13.1. The van der Waals surface area contributed by atoms with E-state index in [0.717, 1.165) is 22.0 Å². The van der Waals surface area contributed by atoms with Crippen LogP contribution in [0.1, 0.15) is 30.5 Å². The van der Waals surface area contributed by atoms with Crippen molar-refractivity contribution in [1.82, 2.24) is 10.6 Å². The Bertz CT molecular complexity index is 499. The first-order chi connectivity index (χ1) is 8.61. The molecule has 0 spiro atoms. The maximum Gasteiger partial charge on any atom is 0.253 e. The van der Waals surface area contributed by atoms with Gasteiger partial charge < -0.3 is 5.32 Å². The van der Waals surface area contributed by atoms with Crippen molar-refractivity contribution < 1.29 is 4.79 Å². The lowest BCUT2D eigenvalue weighted by Crippen LogP contribution is -2.25. The molecule has 1 fully saturated rings. The first kappa shape index (κ1) is 13.1. The molecule has 1 atom stereocenters. The molecule has 0 saturated carbocycles. The van der Waals surface area contributed by atoms with E-state index in [1.165, 1.54) is 0 Å². The number of halogens is 1. The lowest BCUT2D eigenvalue weighted by molar-refractivity contribution is -0.120. The van der Waals surface area contributed by atoms with E-state index in [0.29, 0.717) is 12.5 Å². The summed E-state index contributed by atoms with van der Waals surface area (Å²) in [5.41, 5.74) is 2.09. The minimum absolute atomic E-state index is 0.0607. The fourth-order valence-electron chi connectivity index (χ4n) is 1.82. The number of aliphatic imine (C=N–C) groups is 1. The average molecular weight is 310 g/mol. The van der Waals surface area contributed by atoms with Crippen LogP contribution < -0.4 is 10.6 Å². The zero-order valence-corrected chi connectivity index (χ0v) is 12.0. The van der Waals surface area contributed by atoms with Crippen LogP contribution in [0.4, 0.5) is 0 Å². The molecule has 96 valence electrons. The zero-order valence-electron chi connectivity index (χ0n) is 10.5. The summed E-state index contributed by atoms with van der Waals surface area (Å²) in [5, 5.41) is 5.87. The molecule has 2 rings (SSSR count). The van der Waals surface area contributed by atoms with Crippen molar-refractivity contribution in [3.63, 3.8) is 0 Å². The van der Waals surface area contributed by atoms with Gasteiger partial charge in [-0.05, 0) is 30.5 Å². The van der Waals surface area contributed by atoms with Crippen molar-refractivity contribution in [2.75, 3.05) is 6.54 Å². The number of benzene rings is 1. The van der Waals surface area contributed by atoms with Gasteiger partial charge >= 0.3 is 0 Å². The number of hydrogen-bond donors (Lipinski definition) is 2. The molecule has 0 aromatic heterocycles. The molecule has 1 unspecified atom stereocenters. The third-order valence-corrected chi connectivity index (χ3v) is 3.43. The number of carbonyl (C=O) groups excluding carboxylic acids is 1. The summed E-state index contributed by atoms with van der Waals surface area (Å²) in [6.07, 6.45) is 0.958. The Hall–Kier alpha value is -1.36. The summed E-state index contributed by atoms with van der Waals surface area (Å²) in [4.78, 5) is 16.2. The lowest BCUT2D eigenvalue weighted by atomic mass is 10.1. The number of aryl methyl sites for hydroxylation is 1. The van der Waals surface area contributed by atoms with Crippen molar-refractivity contribution in [2.24, 2.45) is 4.99 Å². The number of rotatable bonds is 3. The molecule has 1 aromatic rings. The van der Waals surface area contributed by atoms with Crippen molar-refractivity contribution in [3.05, 3.63) is 33.8 Å². The molecule has 1 aromatic carbocycles. The van der Waals surface area contributed by atoms with E-state index in [1.807, 2.05) is 25.1 Å². The number of nitrogens with one attached hydrogen (secondary N) is 2. The summed E-state index contributed by atoms with van der Waals surface area (Å²) in [6, 6.07) is 5.59. The maximum atomic E-state index is 11.9. The lowest BCUT2D eigenvalue weighted by Gasteiger charge is -2.11. The van der Waals surface area contributed by atoms with Crippen molar-refractivity contribution in [2.45, 2.75) is 26.3 Å². The topological polar surface area (TPSA) is 53.5 Å². The van der Waals surface area contributed by atoms with Crippen LogP contribution in [0.3, 0.4) is 0 Å². The quantitative estimate of drug-likeness (QED) is 0.900.